The van der Waals surface area contributed by atoms with E-state index in [1.54, 1.807) is 13.0 Å². The van der Waals surface area contributed by atoms with Crippen LogP contribution in [-0.4, -0.2) is 47.2 Å². The van der Waals surface area contributed by atoms with Gasteiger partial charge in [0, 0.05) is 30.9 Å². The van der Waals surface area contributed by atoms with Gasteiger partial charge < -0.3 is 10.2 Å². The number of carbonyl (C=O) groups excluding carboxylic acids is 1. The van der Waals surface area contributed by atoms with Crippen molar-refractivity contribution in [2.75, 3.05) is 19.8 Å². The number of carbonyl (C=O) groups is 1. The molecule has 158 valence electrons. The fraction of sp³-hybridized carbons (Fsp3) is 0.500. The van der Waals surface area contributed by atoms with E-state index in [4.69, 9.17) is 0 Å². The summed E-state index contributed by atoms with van der Waals surface area (Å²) in [5, 5.41) is 2.86. The maximum atomic E-state index is 13.3. The Hall–Kier alpha value is -2.28. The second-order valence-corrected chi connectivity index (χ2v) is 7.62. The zero-order chi connectivity index (χ0) is 21.1. The number of amides is 1. The molecule has 2 saturated heterocycles. The monoisotopic (exact) mass is 407 g/mol. The third-order valence-electron chi connectivity index (χ3n) is 5.94. The fourth-order valence-electron chi connectivity index (χ4n) is 4.23. The zero-order valence-electron chi connectivity index (χ0n) is 16.9. The molecule has 2 fully saturated rings. The van der Waals surface area contributed by atoms with Crippen LogP contribution in [-0.2, 0) is 11.3 Å². The first-order chi connectivity index (χ1) is 13.8. The molecular formula is C22H28F3N3O. The highest BCUT2D eigenvalue weighted by molar-refractivity contribution is 5.89. The molecule has 1 spiro atoms. The number of piperidine rings is 1. The van der Waals surface area contributed by atoms with E-state index in [9.17, 15) is 18.0 Å². The van der Waals surface area contributed by atoms with Crippen LogP contribution in [0.25, 0.3) is 0 Å². The number of rotatable bonds is 5. The lowest BCUT2D eigenvalue weighted by molar-refractivity contribution is -0.128. The van der Waals surface area contributed by atoms with Crippen molar-refractivity contribution >= 4 is 5.91 Å². The van der Waals surface area contributed by atoms with Gasteiger partial charge >= 0.3 is 6.18 Å². The van der Waals surface area contributed by atoms with Gasteiger partial charge in [0.15, 0.2) is 0 Å². The number of hydrogen-bond donors (Lipinski definition) is 1. The Bertz CT molecular complexity index is 778. The Kier molecular flexibility index (Phi) is 6.36. The van der Waals surface area contributed by atoms with Gasteiger partial charge in [0.1, 0.15) is 5.54 Å². The molecule has 0 aliphatic carbocycles. The van der Waals surface area contributed by atoms with Crippen LogP contribution < -0.4 is 5.32 Å². The van der Waals surface area contributed by atoms with Gasteiger partial charge in [0.05, 0.1) is 6.67 Å². The van der Waals surface area contributed by atoms with Crippen molar-refractivity contribution in [3.63, 3.8) is 0 Å². The molecule has 0 bridgehead atoms. The number of hydrogen-bond acceptors (Lipinski definition) is 3. The molecule has 1 aromatic rings. The molecule has 4 nitrogen and oxygen atoms in total. The molecule has 1 N–H and O–H groups in total. The molecule has 0 radical (unpaired) electrons. The average Bonchev–Trinajstić information content (AvgIpc) is 3.00. The summed E-state index contributed by atoms with van der Waals surface area (Å²) in [5.41, 5.74) is 0.303. The van der Waals surface area contributed by atoms with Gasteiger partial charge in [-0.2, -0.15) is 13.2 Å². The highest BCUT2D eigenvalue weighted by atomic mass is 19.4. The summed E-state index contributed by atoms with van der Waals surface area (Å²) >= 11 is 0. The molecule has 1 aromatic carbocycles. The van der Waals surface area contributed by atoms with E-state index < -0.39 is 17.3 Å². The van der Waals surface area contributed by atoms with Crippen molar-refractivity contribution < 1.29 is 18.0 Å². The third-order valence-corrected chi connectivity index (χ3v) is 5.94. The topological polar surface area (TPSA) is 35.6 Å². The maximum Gasteiger partial charge on any atom is 0.412 e. The van der Waals surface area contributed by atoms with E-state index in [0.717, 1.165) is 19.6 Å². The van der Waals surface area contributed by atoms with Gasteiger partial charge in [0.2, 0.25) is 5.91 Å². The smallest absolute Gasteiger partial charge is 0.339 e. The van der Waals surface area contributed by atoms with Gasteiger partial charge in [0.25, 0.3) is 0 Å². The van der Waals surface area contributed by atoms with Crippen LogP contribution in [0.2, 0.25) is 0 Å². The van der Waals surface area contributed by atoms with E-state index >= 15 is 0 Å². The van der Waals surface area contributed by atoms with Crippen molar-refractivity contribution in [1.82, 2.24) is 15.1 Å². The van der Waals surface area contributed by atoms with E-state index in [-0.39, 0.29) is 19.0 Å². The number of halogens is 3. The SMILES string of the molecule is C/C=C(\C=C(/CC)C(F)(F)F)N1CNC(=O)C12CCN(Cc1ccccc1)CC2. The van der Waals surface area contributed by atoms with Crippen LogP contribution in [0, 0.1) is 0 Å². The number of nitrogens with one attached hydrogen (secondary N) is 1. The van der Waals surface area contributed by atoms with Crippen LogP contribution in [0.5, 0.6) is 0 Å². The molecule has 1 amide bonds. The van der Waals surface area contributed by atoms with Crippen molar-refractivity contribution in [2.45, 2.75) is 51.4 Å². The summed E-state index contributed by atoms with van der Waals surface area (Å²) in [6, 6.07) is 10.1. The molecule has 7 heteroatoms. The van der Waals surface area contributed by atoms with Gasteiger partial charge in [-0.3, -0.25) is 9.69 Å². The van der Waals surface area contributed by atoms with Crippen LogP contribution in [0.15, 0.2) is 53.8 Å². The number of likely N-dealkylation sites (tertiary alicyclic amines) is 1. The summed E-state index contributed by atoms with van der Waals surface area (Å²) in [4.78, 5) is 16.9. The summed E-state index contributed by atoms with van der Waals surface area (Å²) in [6.07, 6.45) is -0.437. The van der Waals surface area contributed by atoms with Gasteiger partial charge in [-0.25, -0.2) is 0 Å². The number of nitrogens with zero attached hydrogens (tertiary/aromatic N) is 2. The van der Waals surface area contributed by atoms with Crippen LogP contribution >= 0.6 is 0 Å². The molecule has 2 aliphatic rings. The normalized spacial score (nSPS) is 21.0. The van der Waals surface area contributed by atoms with Crippen LogP contribution in [0.3, 0.4) is 0 Å². The largest absolute Gasteiger partial charge is 0.412 e. The number of alkyl halides is 3. The van der Waals surface area contributed by atoms with Crippen molar-refractivity contribution in [3.8, 4) is 0 Å². The Morgan fingerprint density at radius 3 is 2.41 bits per heavy atom. The third kappa shape index (κ3) is 4.50. The quantitative estimate of drug-likeness (QED) is 0.743. The van der Waals surface area contributed by atoms with Crippen LogP contribution in [0.4, 0.5) is 13.2 Å². The summed E-state index contributed by atoms with van der Waals surface area (Å²) in [7, 11) is 0. The van der Waals surface area contributed by atoms with E-state index in [1.165, 1.54) is 18.6 Å². The van der Waals surface area contributed by atoms with E-state index in [0.29, 0.717) is 18.5 Å². The van der Waals surface area contributed by atoms with Gasteiger partial charge in [-0.05, 0) is 37.8 Å². The minimum Gasteiger partial charge on any atom is -0.339 e. The Balaban J connectivity index is 1.77. The van der Waals surface area contributed by atoms with Crippen molar-refractivity contribution in [3.05, 3.63) is 59.3 Å². The molecule has 0 aromatic heterocycles. The summed E-state index contributed by atoms with van der Waals surface area (Å²) in [5.74, 6) is -0.0883. The van der Waals surface area contributed by atoms with Crippen LogP contribution in [0.1, 0.15) is 38.7 Å². The molecule has 2 aliphatic heterocycles. The first-order valence-electron chi connectivity index (χ1n) is 10.1. The minimum atomic E-state index is -4.37. The average molecular weight is 407 g/mol. The fourth-order valence-corrected chi connectivity index (χ4v) is 4.23. The molecule has 29 heavy (non-hydrogen) atoms. The molecule has 3 rings (SSSR count). The number of benzene rings is 1. The minimum absolute atomic E-state index is 0.0883. The van der Waals surface area contributed by atoms with Gasteiger partial charge in [-0.15, -0.1) is 0 Å². The molecule has 0 atom stereocenters. The maximum absolute atomic E-state index is 13.3. The highest BCUT2D eigenvalue weighted by Crippen LogP contribution is 2.37. The second-order valence-electron chi connectivity index (χ2n) is 7.62. The van der Waals surface area contributed by atoms with E-state index in [2.05, 4.69) is 22.3 Å². The molecular weight excluding hydrogens is 379 g/mol. The Morgan fingerprint density at radius 1 is 1.21 bits per heavy atom. The Labute approximate surface area is 170 Å². The Morgan fingerprint density at radius 2 is 1.86 bits per heavy atom. The molecule has 0 saturated carbocycles. The molecule has 2 heterocycles. The second kappa shape index (κ2) is 8.61. The zero-order valence-corrected chi connectivity index (χ0v) is 16.9. The first kappa shape index (κ1) is 21.4. The molecule has 0 unspecified atom stereocenters. The van der Waals surface area contributed by atoms with E-state index in [1.807, 2.05) is 23.1 Å². The summed E-state index contributed by atoms with van der Waals surface area (Å²) < 4.78 is 39.8. The lowest BCUT2D eigenvalue weighted by atomic mass is 9.85. The first-order valence-corrected chi connectivity index (χ1v) is 10.1. The van der Waals surface area contributed by atoms with Gasteiger partial charge in [-0.1, -0.05) is 43.3 Å². The lowest BCUT2D eigenvalue weighted by Gasteiger charge is -2.44. The van der Waals surface area contributed by atoms with Crippen molar-refractivity contribution in [1.29, 1.82) is 0 Å². The predicted molar refractivity (Wildman–Crippen MR) is 107 cm³/mol. The number of allylic oxidation sites excluding steroid dienone is 3. The summed E-state index contributed by atoms with van der Waals surface area (Å²) in [6.45, 7) is 5.71. The van der Waals surface area contributed by atoms with Crippen molar-refractivity contribution in [2.24, 2.45) is 0 Å². The lowest BCUT2D eigenvalue weighted by Crippen LogP contribution is -2.55. The predicted octanol–water partition coefficient (Wildman–Crippen LogP) is 4.21. The standard InChI is InChI=1S/C22H28F3N3O/c1-3-18(22(23,24)25)14-19(4-2)28-16-26-20(29)21(28)10-12-27(13-11-21)15-17-8-6-5-7-9-17/h4-9,14H,3,10-13,15-16H2,1-2H3,(H,26,29)/b18-14+,19-4+. The highest BCUT2D eigenvalue weighted by Gasteiger charge is 2.50.